The third kappa shape index (κ3) is 20.0. The molecule has 0 saturated heterocycles. The monoisotopic (exact) mass is 920 g/mol. The van der Waals surface area contributed by atoms with Crippen LogP contribution in [0.3, 0.4) is 0 Å². The van der Waals surface area contributed by atoms with Crippen molar-refractivity contribution in [2.24, 2.45) is 86.7 Å². The Morgan fingerprint density at radius 2 is 0.446 bits per heavy atom. The van der Waals surface area contributed by atoms with Gasteiger partial charge in [-0.1, -0.05) is 117 Å². The molecule has 0 unspecified atom stereocenters. The maximum Gasteiger partial charge on any atom is 0.211 e. The molecule has 296 valence electrons. The third-order valence-electron chi connectivity index (χ3n) is 5.44. The van der Waals surface area contributed by atoms with Gasteiger partial charge < -0.3 is 45.9 Å². The van der Waals surface area contributed by atoms with Crippen molar-refractivity contribution in [3.8, 4) is 0 Å². The van der Waals surface area contributed by atoms with Gasteiger partial charge in [-0.3, -0.25) is 0 Å². The Hall–Kier alpha value is -5.04. The molecule has 56 heavy (non-hydrogen) atoms. The number of rotatable bonds is 8. The SMILES string of the molecule is NC(N)=N/N=C/c1c(Cl)cccc1Cl.NC(N)=N/N=C/c1c(Cl)cccc1Cl.NC(N)=N/N=C/c1c(Cl)cccc1Cl.NC(N)=N/N=C/c1c(Cl)cccc1Cl. The Kier molecular flexibility index (Phi) is 23.4. The molecule has 0 aliphatic carbocycles. The van der Waals surface area contributed by atoms with Crippen molar-refractivity contribution >= 4 is 142 Å². The van der Waals surface area contributed by atoms with E-state index in [2.05, 4.69) is 40.8 Å². The highest BCUT2D eigenvalue weighted by molar-refractivity contribution is 6.40. The molecule has 0 bridgehead atoms. The second kappa shape index (κ2) is 26.7. The molecule has 0 aromatic heterocycles. The van der Waals surface area contributed by atoms with Crippen molar-refractivity contribution in [2.75, 3.05) is 0 Å². The summed E-state index contributed by atoms with van der Waals surface area (Å²) in [5, 5.41) is 32.1. The average Bonchev–Trinajstić information content (AvgIpc) is 3.10. The van der Waals surface area contributed by atoms with Crippen molar-refractivity contribution in [1.82, 2.24) is 0 Å². The van der Waals surface area contributed by atoms with E-state index in [-0.39, 0.29) is 23.8 Å². The molecule has 0 saturated carbocycles. The zero-order valence-corrected chi connectivity index (χ0v) is 34.5. The maximum absolute atomic E-state index is 5.86. The molecule has 4 aromatic carbocycles. The van der Waals surface area contributed by atoms with Crippen LogP contribution in [-0.4, -0.2) is 48.7 Å². The quantitative estimate of drug-likeness (QED) is 0.0554. The molecule has 4 rings (SSSR count). The summed E-state index contributed by atoms with van der Waals surface area (Å²) in [5.74, 6) is -0.484. The van der Waals surface area contributed by atoms with E-state index < -0.39 is 0 Å². The van der Waals surface area contributed by atoms with Crippen LogP contribution in [0.5, 0.6) is 0 Å². The van der Waals surface area contributed by atoms with Crippen LogP contribution < -0.4 is 45.9 Å². The molecule has 0 heterocycles. The van der Waals surface area contributed by atoms with Gasteiger partial charge in [-0.2, -0.15) is 20.4 Å². The first-order valence-electron chi connectivity index (χ1n) is 14.7. The second-order valence-corrected chi connectivity index (χ2v) is 12.9. The van der Waals surface area contributed by atoms with Crippen molar-refractivity contribution in [3.05, 3.63) is 135 Å². The van der Waals surface area contributed by atoms with Crippen LogP contribution in [0.2, 0.25) is 40.2 Å². The first-order chi connectivity index (χ1) is 26.4. The lowest BCUT2D eigenvalue weighted by Gasteiger charge is -1.98. The van der Waals surface area contributed by atoms with Crippen LogP contribution in [0.25, 0.3) is 0 Å². The molecular weight excluding hydrogens is 892 g/mol. The number of guanidine groups is 4. The second-order valence-electron chi connectivity index (χ2n) is 9.62. The van der Waals surface area contributed by atoms with Crippen molar-refractivity contribution in [2.45, 2.75) is 0 Å². The number of hydrogen-bond acceptors (Lipinski definition) is 8. The van der Waals surface area contributed by atoms with Gasteiger partial charge in [0.1, 0.15) is 0 Å². The third-order valence-corrected chi connectivity index (χ3v) is 8.08. The van der Waals surface area contributed by atoms with Crippen LogP contribution >= 0.6 is 92.8 Å². The summed E-state index contributed by atoms with van der Waals surface area (Å²) in [6, 6.07) is 20.5. The number of hydrogen-bond donors (Lipinski definition) is 8. The number of nitrogens with two attached hydrogens (primary N) is 8. The van der Waals surface area contributed by atoms with Gasteiger partial charge in [0.25, 0.3) is 0 Å². The van der Waals surface area contributed by atoms with Crippen LogP contribution in [-0.2, 0) is 0 Å². The van der Waals surface area contributed by atoms with E-state index in [1.54, 1.807) is 72.8 Å². The average molecular weight is 924 g/mol. The summed E-state index contributed by atoms with van der Waals surface area (Å²) < 4.78 is 0. The highest BCUT2D eigenvalue weighted by Gasteiger charge is 2.04. The normalized spacial score (nSPS) is 10.4. The van der Waals surface area contributed by atoms with E-state index in [9.17, 15) is 0 Å². The summed E-state index contributed by atoms with van der Waals surface area (Å²) in [6.07, 6.45) is 5.57. The lowest BCUT2D eigenvalue weighted by Crippen LogP contribution is -2.21. The van der Waals surface area contributed by atoms with E-state index in [0.29, 0.717) is 62.4 Å². The molecule has 0 aliphatic rings. The molecule has 0 atom stereocenters. The Bertz CT molecular complexity index is 1750. The predicted molar refractivity (Wildman–Crippen MR) is 239 cm³/mol. The van der Waals surface area contributed by atoms with Crippen LogP contribution in [0, 0.1) is 0 Å². The van der Waals surface area contributed by atoms with Crippen molar-refractivity contribution < 1.29 is 0 Å². The molecule has 24 heteroatoms. The van der Waals surface area contributed by atoms with E-state index >= 15 is 0 Å². The molecule has 0 aliphatic heterocycles. The Labute approximate surface area is 361 Å². The Balaban J connectivity index is 0.000000373. The van der Waals surface area contributed by atoms with Gasteiger partial charge in [0.15, 0.2) is 0 Å². The maximum atomic E-state index is 5.86. The molecule has 0 fully saturated rings. The number of halogens is 8. The molecule has 0 radical (unpaired) electrons. The standard InChI is InChI=1S/4C8H8Cl2N4/c4*9-6-2-1-3-7(10)5(6)4-13-14-8(11)12/h4*1-4H,(H4,11,12,14)/b4*13-4+. The first kappa shape index (κ1) is 49.0. The van der Waals surface area contributed by atoms with E-state index in [0.717, 1.165) is 0 Å². The number of benzene rings is 4. The fraction of sp³-hybridized carbons (Fsp3) is 0. The zero-order chi connectivity index (χ0) is 42.2. The van der Waals surface area contributed by atoms with Crippen LogP contribution in [0.4, 0.5) is 0 Å². The van der Waals surface area contributed by atoms with E-state index in [1.807, 2.05) is 0 Å². The van der Waals surface area contributed by atoms with E-state index in [4.69, 9.17) is 139 Å². The fourth-order valence-electron chi connectivity index (χ4n) is 3.15. The van der Waals surface area contributed by atoms with Gasteiger partial charge in [-0.15, -0.1) is 20.4 Å². The summed E-state index contributed by atoms with van der Waals surface area (Å²) >= 11 is 46.9. The zero-order valence-electron chi connectivity index (χ0n) is 28.5. The lowest BCUT2D eigenvalue weighted by molar-refractivity contribution is 1.21. The minimum absolute atomic E-state index is 0.121. The first-order valence-corrected chi connectivity index (χ1v) is 17.7. The van der Waals surface area contributed by atoms with Gasteiger partial charge in [-0.05, 0) is 48.5 Å². The van der Waals surface area contributed by atoms with Crippen molar-refractivity contribution in [3.63, 3.8) is 0 Å². The fourth-order valence-corrected chi connectivity index (χ4v) is 5.13. The summed E-state index contributed by atoms with van der Waals surface area (Å²) in [5.41, 5.74) is 43.0. The predicted octanol–water partition coefficient (Wildman–Crippen LogP) is 6.40. The molecule has 16 N–H and O–H groups in total. The molecule has 0 spiro atoms. The highest BCUT2D eigenvalue weighted by atomic mass is 35.5. The highest BCUT2D eigenvalue weighted by Crippen LogP contribution is 2.24. The minimum atomic E-state index is -0.121. The molecule has 0 amide bonds. The van der Waals surface area contributed by atoms with Gasteiger partial charge in [0, 0.05) is 22.3 Å². The molecule has 4 aromatic rings. The molecular formula is C32H32Cl8N16. The Morgan fingerprint density at radius 1 is 0.304 bits per heavy atom. The van der Waals surface area contributed by atoms with Gasteiger partial charge in [0.05, 0.1) is 65.0 Å². The smallest absolute Gasteiger partial charge is 0.211 e. The van der Waals surface area contributed by atoms with Gasteiger partial charge in [0.2, 0.25) is 23.8 Å². The summed E-state index contributed by atoms with van der Waals surface area (Å²) in [7, 11) is 0. The van der Waals surface area contributed by atoms with Crippen molar-refractivity contribution in [1.29, 1.82) is 0 Å². The van der Waals surface area contributed by atoms with Gasteiger partial charge in [-0.25, -0.2) is 0 Å². The van der Waals surface area contributed by atoms with Crippen LogP contribution in [0.1, 0.15) is 22.3 Å². The number of nitrogens with zero attached hydrogens (tertiary/aromatic N) is 8. The Morgan fingerprint density at radius 3 is 0.571 bits per heavy atom. The minimum Gasteiger partial charge on any atom is -0.369 e. The van der Waals surface area contributed by atoms with Crippen LogP contribution in [0.15, 0.2) is 114 Å². The summed E-state index contributed by atoms with van der Waals surface area (Å²) in [4.78, 5) is 0. The van der Waals surface area contributed by atoms with Gasteiger partial charge >= 0.3 is 0 Å². The lowest BCUT2D eigenvalue weighted by atomic mass is 10.2. The topological polar surface area (TPSA) is 307 Å². The summed E-state index contributed by atoms with van der Waals surface area (Å²) in [6.45, 7) is 0. The largest absolute Gasteiger partial charge is 0.369 e. The van der Waals surface area contributed by atoms with E-state index in [1.165, 1.54) is 24.9 Å². The molecule has 16 nitrogen and oxygen atoms in total.